The molecular formula is C20H38N2O. The predicted molar refractivity (Wildman–Crippen MR) is 99.7 cm³/mol. The van der Waals surface area contributed by atoms with Crippen LogP contribution < -0.4 is 5.43 Å². The summed E-state index contributed by atoms with van der Waals surface area (Å²) < 4.78 is 0. The van der Waals surface area contributed by atoms with E-state index in [4.69, 9.17) is 0 Å². The lowest BCUT2D eigenvalue weighted by molar-refractivity contribution is -0.121. The van der Waals surface area contributed by atoms with Gasteiger partial charge in [-0.2, -0.15) is 5.10 Å². The van der Waals surface area contributed by atoms with Gasteiger partial charge in [0.15, 0.2) is 0 Å². The Morgan fingerprint density at radius 1 is 0.957 bits per heavy atom. The molecule has 0 atom stereocenters. The molecule has 0 aromatic rings. The van der Waals surface area contributed by atoms with Gasteiger partial charge in [-0.3, -0.25) is 4.79 Å². The second kappa shape index (κ2) is 13.6. The van der Waals surface area contributed by atoms with E-state index in [1.54, 1.807) is 0 Å². The highest BCUT2D eigenvalue weighted by Crippen LogP contribution is 2.25. The molecule has 0 bridgehead atoms. The Morgan fingerprint density at radius 3 is 2.17 bits per heavy atom. The maximum atomic E-state index is 11.8. The standard InChI is InChI=1S/C20H38N2O/c1-3-5-6-7-8-9-10-11-13-20(23)22-21-19-16-14-18(12-4-2)15-17-19/h18H,3-17H2,1-2H3,(H,22,23). The van der Waals surface area contributed by atoms with Crippen molar-refractivity contribution in [3.63, 3.8) is 0 Å². The van der Waals surface area contributed by atoms with Crippen molar-refractivity contribution >= 4 is 11.6 Å². The second-order valence-electron chi connectivity index (χ2n) is 7.17. The molecule has 23 heavy (non-hydrogen) atoms. The summed E-state index contributed by atoms with van der Waals surface area (Å²) in [5.41, 5.74) is 3.96. The zero-order valence-corrected chi connectivity index (χ0v) is 15.5. The lowest BCUT2D eigenvalue weighted by Gasteiger charge is -2.22. The van der Waals surface area contributed by atoms with E-state index >= 15 is 0 Å². The van der Waals surface area contributed by atoms with Crippen LogP contribution in [-0.2, 0) is 4.79 Å². The maximum Gasteiger partial charge on any atom is 0.240 e. The van der Waals surface area contributed by atoms with Crippen molar-refractivity contribution in [2.24, 2.45) is 11.0 Å². The number of hydrogen-bond acceptors (Lipinski definition) is 2. The first kappa shape index (κ1) is 20.2. The van der Waals surface area contributed by atoms with Gasteiger partial charge in [-0.1, -0.05) is 71.6 Å². The van der Waals surface area contributed by atoms with Gasteiger partial charge in [0.1, 0.15) is 0 Å². The van der Waals surface area contributed by atoms with Gasteiger partial charge in [0, 0.05) is 12.1 Å². The van der Waals surface area contributed by atoms with Crippen LogP contribution in [0.1, 0.15) is 110 Å². The summed E-state index contributed by atoms with van der Waals surface area (Å²) in [5.74, 6) is 0.978. The van der Waals surface area contributed by atoms with Gasteiger partial charge in [0.05, 0.1) is 0 Å². The highest BCUT2D eigenvalue weighted by molar-refractivity contribution is 5.86. The topological polar surface area (TPSA) is 41.5 Å². The van der Waals surface area contributed by atoms with Gasteiger partial charge in [0.2, 0.25) is 5.91 Å². The zero-order valence-electron chi connectivity index (χ0n) is 15.5. The fraction of sp³-hybridized carbons (Fsp3) is 0.900. The Morgan fingerprint density at radius 2 is 1.57 bits per heavy atom. The van der Waals surface area contributed by atoms with Crippen molar-refractivity contribution in [1.29, 1.82) is 0 Å². The minimum absolute atomic E-state index is 0.0964. The number of unbranched alkanes of at least 4 members (excludes halogenated alkanes) is 7. The molecule has 0 saturated heterocycles. The molecule has 1 saturated carbocycles. The van der Waals surface area contributed by atoms with Crippen LogP contribution >= 0.6 is 0 Å². The molecule has 3 heteroatoms. The Labute approximate surface area is 143 Å². The second-order valence-corrected chi connectivity index (χ2v) is 7.17. The lowest BCUT2D eigenvalue weighted by Crippen LogP contribution is -2.22. The zero-order chi connectivity index (χ0) is 16.8. The first-order chi connectivity index (χ1) is 11.3. The Hall–Kier alpha value is -0.860. The molecule has 0 radical (unpaired) electrons. The number of hydrogen-bond donors (Lipinski definition) is 1. The van der Waals surface area contributed by atoms with Gasteiger partial charge >= 0.3 is 0 Å². The number of hydrazone groups is 1. The fourth-order valence-corrected chi connectivity index (χ4v) is 3.44. The van der Waals surface area contributed by atoms with Crippen LogP contribution in [0.15, 0.2) is 5.10 Å². The van der Waals surface area contributed by atoms with Crippen molar-refractivity contribution < 1.29 is 4.79 Å². The molecule has 1 amide bonds. The molecule has 0 aromatic heterocycles. The van der Waals surface area contributed by atoms with Crippen molar-refractivity contribution in [3.8, 4) is 0 Å². The molecule has 1 fully saturated rings. The van der Waals surface area contributed by atoms with E-state index in [-0.39, 0.29) is 5.91 Å². The van der Waals surface area contributed by atoms with Gasteiger partial charge in [-0.25, -0.2) is 5.43 Å². The van der Waals surface area contributed by atoms with E-state index in [9.17, 15) is 4.79 Å². The number of nitrogens with zero attached hydrogens (tertiary/aromatic N) is 1. The van der Waals surface area contributed by atoms with E-state index in [0.29, 0.717) is 6.42 Å². The van der Waals surface area contributed by atoms with Crippen LogP contribution in [0.3, 0.4) is 0 Å². The maximum absolute atomic E-state index is 11.8. The minimum atomic E-state index is 0.0964. The van der Waals surface area contributed by atoms with Crippen LogP contribution in [-0.4, -0.2) is 11.6 Å². The van der Waals surface area contributed by atoms with Gasteiger partial charge in [-0.15, -0.1) is 0 Å². The van der Waals surface area contributed by atoms with Crippen LogP contribution in [0, 0.1) is 5.92 Å². The third-order valence-corrected chi connectivity index (χ3v) is 4.98. The summed E-state index contributed by atoms with van der Waals surface area (Å²) in [6.45, 7) is 4.51. The molecule has 1 aliphatic rings. The normalized spacial score (nSPS) is 18.0. The summed E-state index contributed by atoms with van der Waals surface area (Å²) in [6.07, 6.45) is 18.1. The quantitative estimate of drug-likeness (QED) is 0.348. The predicted octanol–water partition coefficient (Wildman–Crippen LogP) is 5.98. The SMILES string of the molecule is CCCCCCCCCCC(=O)NN=C1CCC(CCC)CC1. The van der Waals surface area contributed by atoms with Gasteiger partial charge in [0.25, 0.3) is 0 Å². The average molecular weight is 323 g/mol. The third kappa shape index (κ3) is 10.5. The summed E-state index contributed by atoms with van der Waals surface area (Å²) >= 11 is 0. The van der Waals surface area contributed by atoms with Gasteiger partial charge in [-0.05, 0) is 38.0 Å². The molecule has 0 aromatic carbocycles. The highest BCUT2D eigenvalue weighted by Gasteiger charge is 2.16. The first-order valence-electron chi connectivity index (χ1n) is 10.1. The number of rotatable bonds is 12. The molecule has 1 N–H and O–H groups in total. The fourth-order valence-electron chi connectivity index (χ4n) is 3.44. The molecular weight excluding hydrogens is 284 g/mol. The van der Waals surface area contributed by atoms with E-state index < -0.39 is 0 Å². The summed E-state index contributed by atoms with van der Waals surface area (Å²) in [5, 5.41) is 4.34. The minimum Gasteiger partial charge on any atom is -0.273 e. The van der Waals surface area contributed by atoms with E-state index in [0.717, 1.165) is 25.2 Å². The smallest absolute Gasteiger partial charge is 0.240 e. The molecule has 0 spiro atoms. The Balaban J connectivity index is 1.99. The molecule has 3 nitrogen and oxygen atoms in total. The van der Waals surface area contributed by atoms with Crippen LogP contribution in [0.2, 0.25) is 0 Å². The number of carbonyl (C=O) groups is 1. The summed E-state index contributed by atoms with van der Waals surface area (Å²) in [7, 11) is 0. The number of nitrogens with one attached hydrogen (secondary N) is 1. The summed E-state index contributed by atoms with van der Waals surface area (Å²) in [6, 6.07) is 0. The number of carbonyl (C=O) groups excluding carboxylic acids is 1. The first-order valence-corrected chi connectivity index (χ1v) is 10.1. The van der Waals surface area contributed by atoms with Crippen LogP contribution in [0.25, 0.3) is 0 Å². The molecule has 0 unspecified atom stereocenters. The molecule has 134 valence electrons. The molecule has 1 rings (SSSR count). The van der Waals surface area contributed by atoms with Crippen molar-refractivity contribution in [1.82, 2.24) is 5.43 Å². The van der Waals surface area contributed by atoms with Crippen molar-refractivity contribution in [2.75, 3.05) is 0 Å². The summed E-state index contributed by atoms with van der Waals surface area (Å²) in [4.78, 5) is 11.8. The van der Waals surface area contributed by atoms with Crippen molar-refractivity contribution in [3.05, 3.63) is 0 Å². The van der Waals surface area contributed by atoms with E-state index in [1.165, 1.54) is 76.3 Å². The van der Waals surface area contributed by atoms with E-state index in [1.807, 2.05) is 0 Å². The van der Waals surface area contributed by atoms with Crippen molar-refractivity contribution in [2.45, 2.75) is 110 Å². The largest absolute Gasteiger partial charge is 0.273 e. The molecule has 0 aliphatic heterocycles. The average Bonchev–Trinajstić information content (AvgIpc) is 2.57. The number of amides is 1. The van der Waals surface area contributed by atoms with E-state index in [2.05, 4.69) is 24.4 Å². The van der Waals surface area contributed by atoms with Crippen LogP contribution in [0.4, 0.5) is 0 Å². The molecule has 0 heterocycles. The lowest BCUT2D eigenvalue weighted by atomic mass is 9.85. The third-order valence-electron chi connectivity index (χ3n) is 4.98. The van der Waals surface area contributed by atoms with Gasteiger partial charge < -0.3 is 0 Å². The Kier molecular flexibility index (Phi) is 11.9. The van der Waals surface area contributed by atoms with Crippen LogP contribution in [0.5, 0.6) is 0 Å². The Bertz CT molecular complexity index is 329. The monoisotopic (exact) mass is 322 g/mol. The molecule has 1 aliphatic carbocycles. The highest BCUT2D eigenvalue weighted by atomic mass is 16.2.